The third kappa shape index (κ3) is 3.18. The molecule has 0 spiro atoms. The summed E-state index contributed by atoms with van der Waals surface area (Å²) >= 11 is 0. The normalized spacial score (nSPS) is 12.4. The van der Waals surface area contributed by atoms with Gasteiger partial charge in [0.1, 0.15) is 5.76 Å². The highest BCUT2D eigenvalue weighted by Gasteiger charge is 2.15. The van der Waals surface area contributed by atoms with Gasteiger partial charge in [-0.2, -0.15) is 0 Å². The molecule has 1 aromatic heterocycles. The molecule has 0 radical (unpaired) electrons. The molecule has 1 atom stereocenters. The maximum Gasteiger partial charge on any atom is 0.123 e. The number of nitrogens with zero attached hydrogens (tertiary/aromatic N) is 1. The topological polar surface area (TPSA) is 36.6 Å². The molecule has 0 saturated heterocycles. The van der Waals surface area contributed by atoms with Crippen molar-refractivity contribution in [1.29, 1.82) is 0 Å². The molecule has 1 N–H and O–H groups in total. The number of hydrogen-bond donors (Lipinski definition) is 1. The van der Waals surface area contributed by atoms with Gasteiger partial charge in [0.25, 0.3) is 0 Å². The first-order valence-corrected chi connectivity index (χ1v) is 6.80. The SMILES string of the molecule is CC[C@@H](O)c1ccccc1N(CC)Cc1ccco1. The first-order chi connectivity index (χ1) is 9.26. The second-order valence-electron chi connectivity index (χ2n) is 4.58. The third-order valence-corrected chi connectivity index (χ3v) is 3.33. The van der Waals surface area contributed by atoms with Crippen molar-refractivity contribution in [3.63, 3.8) is 0 Å². The summed E-state index contributed by atoms with van der Waals surface area (Å²) in [6, 6.07) is 11.9. The molecule has 0 aliphatic rings. The van der Waals surface area contributed by atoms with Gasteiger partial charge in [0.05, 0.1) is 18.9 Å². The Morgan fingerprint density at radius 3 is 2.58 bits per heavy atom. The van der Waals surface area contributed by atoms with Crippen molar-refractivity contribution < 1.29 is 9.52 Å². The van der Waals surface area contributed by atoms with E-state index in [0.717, 1.165) is 36.5 Å². The quantitative estimate of drug-likeness (QED) is 0.858. The summed E-state index contributed by atoms with van der Waals surface area (Å²) in [5.74, 6) is 0.933. The largest absolute Gasteiger partial charge is 0.467 e. The van der Waals surface area contributed by atoms with Crippen molar-refractivity contribution in [2.24, 2.45) is 0 Å². The molecule has 0 unspecified atom stereocenters. The predicted octanol–water partition coefficient (Wildman–Crippen LogP) is 3.75. The molecular formula is C16H21NO2. The maximum absolute atomic E-state index is 10.1. The van der Waals surface area contributed by atoms with Gasteiger partial charge in [0.15, 0.2) is 0 Å². The van der Waals surface area contributed by atoms with E-state index < -0.39 is 6.10 Å². The minimum Gasteiger partial charge on any atom is -0.467 e. The molecule has 2 aromatic rings. The van der Waals surface area contributed by atoms with Crippen LogP contribution in [0, 0.1) is 0 Å². The zero-order chi connectivity index (χ0) is 13.7. The van der Waals surface area contributed by atoms with E-state index in [1.807, 2.05) is 37.3 Å². The van der Waals surface area contributed by atoms with Gasteiger partial charge in [-0.15, -0.1) is 0 Å². The van der Waals surface area contributed by atoms with Crippen LogP contribution in [0.3, 0.4) is 0 Å². The van der Waals surface area contributed by atoms with Gasteiger partial charge in [0, 0.05) is 17.8 Å². The Bertz CT molecular complexity index is 493. The van der Waals surface area contributed by atoms with Crippen LogP contribution in [0.25, 0.3) is 0 Å². The highest BCUT2D eigenvalue weighted by molar-refractivity contribution is 5.54. The molecule has 0 aliphatic heterocycles. The van der Waals surface area contributed by atoms with Crippen LogP contribution in [-0.4, -0.2) is 11.7 Å². The van der Waals surface area contributed by atoms with Gasteiger partial charge in [-0.25, -0.2) is 0 Å². The first-order valence-electron chi connectivity index (χ1n) is 6.80. The molecule has 3 nitrogen and oxygen atoms in total. The second kappa shape index (κ2) is 6.43. The summed E-state index contributed by atoms with van der Waals surface area (Å²) in [5, 5.41) is 10.1. The third-order valence-electron chi connectivity index (χ3n) is 3.33. The fourth-order valence-corrected chi connectivity index (χ4v) is 2.24. The van der Waals surface area contributed by atoms with E-state index in [1.165, 1.54) is 0 Å². The van der Waals surface area contributed by atoms with Gasteiger partial charge < -0.3 is 14.4 Å². The molecule has 0 saturated carbocycles. The van der Waals surface area contributed by atoms with E-state index in [2.05, 4.69) is 17.9 Å². The zero-order valence-electron chi connectivity index (χ0n) is 11.5. The summed E-state index contributed by atoms with van der Waals surface area (Å²) in [5.41, 5.74) is 2.06. The first kappa shape index (κ1) is 13.7. The van der Waals surface area contributed by atoms with Crippen LogP contribution < -0.4 is 4.90 Å². The number of aliphatic hydroxyl groups excluding tert-OH is 1. The summed E-state index contributed by atoms with van der Waals surface area (Å²) in [6.45, 7) is 5.69. The van der Waals surface area contributed by atoms with Crippen molar-refractivity contribution in [2.75, 3.05) is 11.4 Å². The lowest BCUT2D eigenvalue weighted by Crippen LogP contribution is -2.23. The Morgan fingerprint density at radius 2 is 1.95 bits per heavy atom. The summed E-state index contributed by atoms with van der Waals surface area (Å²) in [7, 11) is 0. The summed E-state index contributed by atoms with van der Waals surface area (Å²) < 4.78 is 5.41. The van der Waals surface area contributed by atoms with Crippen LogP contribution in [0.4, 0.5) is 5.69 Å². The Balaban J connectivity index is 2.27. The Kier molecular flexibility index (Phi) is 4.63. The number of hydrogen-bond acceptors (Lipinski definition) is 3. The summed E-state index contributed by atoms with van der Waals surface area (Å²) in [4.78, 5) is 2.22. The molecule has 0 fully saturated rings. The lowest BCUT2D eigenvalue weighted by atomic mass is 10.0. The zero-order valence-corrected chi connectivity index (χ0v) is 11.5. The van der Waals surface area contributed by atoms with Crippen LogP contribution >= 0.6 is 0 Å². The van der Waals surface area contributed by atoms with E-state index in [4.69, 9.17) is 4.42 Å². The van der Waals surface area contributed by atoms with Crippen LogP contribution in [-0.2, 0) is 6.54 Å². The van der Waals surface area contributed by atoms with Crippen molar-refractivity contribution >= 4 is 5.69 Å². The van der Waals surface area contributed by atoms with E-state index in [0.29, 0.717) is 0 Å². The number of anilines is 1. The van der Waals surface area contributed by atoms with Crippen molar-refractivity contribution in [2.45, 2.75) is 32.9 Å². The van der Waals surface area contributed by atoms with Crippen LogP contribution in [0.15, 0.2) is 47.1 Å². The average molecular weight is 259 g/mol. The van der Waals surface area contributed by atoms with Gasteiger partial charge in [-0.1, -0.05) is 25.1 Å². The monoisotopic (exact) mass is 259 g/mol. The van der Waals surface area contributed by atoms with Crippen LogP contribution in [0.2, 0.25) is 0 Å². The van der Waals surface area contributed by atoms with Gasteiger partial charge in [0.2, 0.25) is 0 Å². The van der Waals surface area contributed by atoms with E-state index >= 15 is 0 Å². The molecule has 0 amide bonds. The number of benzene rings is 1. The number of rotatable bonds is 6. The highest BCUT2D eigenvalue weighted by atomic mass is 16.3. The second-order valence-corrected chi connectivity index (χ2v) is 4.58. The predicted molar refractivity (Wildman–Crippen MR) is 77.1 cm³/mol. The number of aliphatic hydroxyl groups is 1. The number of furan rings is 1. The maximum atomic E-state index is 10.1. The minimum atomic E-state index is -0.415. The Morgan fingerprint density at radius 1 is 1.16 bits per heavy atom. The van der Waals surface area contributed by atoms with Crippen LogP contribution in [0.1, 0.15) is 37.7 Å². The van der Waals surface area contributed by atoms with Crippen molar-refractivity contribution in [3.05, 3.63) is 54.0 Å². The average Bonchev–Trinajstić information content (AvgIpc) is 2.97. The van der Waals surface area contributed by atoms with E-state index in [9.17, 15) is 5.11 Å². The lowest BCUT2D eigenvalue weighted by molar-refractivity contribution is 0.174. The molecule has 0 aliphatic carbocycles. The molecule has 1 aromatic carbocycles. The molecule has 1 heterocycles. The van der Waals surface area contributed by atoms with E-state index in [1.54, 1.807) is 6.26 Å². The molecule has 102 valence electrons. The van der Waals surface area contributed by atoms with E-state index in [-0.39, 0.29) is 0 Å². The minimum absolute atomic E-state index is 0.415. The smallest absolute Gasteiger partial charge is 0.123 e. The standard InChI is InChI=1S/C16H21NO2/c1-3-16(18)14-9-5-6-10-15(14)17(4-2)12-13-8-7-11-19-13/h5-11,16,18H,3-4,12H2,1-2H3/t16-/m1/s1. The van der Waals surface area contributed by atoms with Gasteiger partial charge in [-0.3, -0.25) is 0 Å². The highest BCUT2D eigenvalue weighted by Crippen LogP contribution is 2.29. The molecule has 0 bridgehead atoms. The van der Waals surface area contributed by atoms with Crippen molar-refractivity contribution in [3.8, 4) is 0 Å². The Hall–Kier alpha value is -1.74. The fourth-order valence-electron chi connectivity index (χ4n) is 2.24. The molecular weight excluding hydrogens is 238 g/mol. The molecule has 3 heteroatoms. The van der Waals surface area contributed by atoms with Gasteiger partial charge >= 0.3 is 0 Å². The number of para-hydroxylation sites is 1. The van der Waals surface area contributed by atoms with Crippen molar-refractivity contribution in [1.82, 2.24) is 0 Å². The molecule has 2 rings (SSSR count). The Labute approximate surface area is 114 Å². The summed E-state index contributed by atoms with van der Waals surface area (Å²) in [6.07, 6.45) is 1.99. The molecule has 19 heavy (non-hydrogen) atoms. The van der Waals surface area contributed by atoms with Crippen LogP contribution in [0.5, 0.6) is 0 Å². The fraction of sp³-hybridized carbons (Fsp3) is 0.375. The van der Waals surface area contributed by atoms with Gasteiger partial charge in [-0.05, 0) is 31.5 Å². The lowest BCUT2D eigenvalue weighted by Gasteiger charge is -2.26.